The first-order chi connectivity index (χ1) is 8.00. The molecule has 0 aliphatic carbocycles. The van der Waals surface area contributed by atoms with E-state index in [1.807, 2.05) is 22.9 Å². The lowest BCUT2D eigenvalue weighted by Gasteiger charge is -2.22. The van der Waals surface area contributed by atoms with Crippen LogP contribution in [-0.2, 0) is 0 Å². The van der Waals surface area contributed by atoms with Crippen molar-refractivity contribution < 1.29 is 4.74 Å². The van der Waals surface area contributed by atoms with Gasteiger partial charge in [0.25, 0.3) is 0 Å². The molecule has 2 nitrogen and oxygen atoms in total. The van der Waals surface area contributed by atoms with Crippen LogP contribution in [0.3, 0.4) is 0 Å². The van der Waals surface area contributed by atoms with Gasteiger partial charge < -0.3 is 4.74 Å². The minimum Gasteiger partial charge on any atom is -0.497 e. The van der Waals surface area contributed by atoms with Crippen LogP contribution in [-0.4, -0.2) is 17.5 Å². The minimum atomic E-state index is 0.214. The van der Waals surface area contributed by atoms with Gasteiger partial charge in [0.2, 0.25) is 0 Å². The fourth-order valence-electron chi connectivity index (χ4n) is 1.43. The fourth-order valence-corrected chi connectivity index (χ4v) is 4.46. The second-order valence-corrected chi connectivity index (χ2v) is 7.33. The molecular formula is C13H17NOS2. The molecule has 1 atom stereocenters. The maximum Gasteiger partial charge on any atom is 0.118 e. The lowest BCUT2D eigenvalue weighted by atomic mass is 9.97. The lowest BCUT2D eigenvalue weighted by Crippen LogP contribution is -2.18. The van der Waals surface area contributed by atoms with Crippen LogP contribution in [0.25, 0.3) is 0 Å². The fraction of sp³-hybridized carbons (Fsp3) is 0.462. The van der Waals surface area contributed by atoms with E-state index in [0.717, 1.165) is 10.8 Å². The smallest absolute Gasteiger partial charge is 0.118 e. The van der Waals surface area contributed by atoms with Crippen molar-refractivity contribution in [2.45, 2.75) is 26.1 Å². The van der Waals surface area contributed by atoms with E-state index in [1.54, 1.807) is 17.9 Å². The van der Waals surface area contributed by atoms with Gasteiger partial charge in [0.1, 0.15) is 16.2 Å². The molecule has 2 rings (SSSR count). The first-order valence-corrected chi connectivity index (χ1v) is 7.77. The molecule has 4 heteroatoms. The Morgan fingerprint density at radius 2 is 1.82 bits per heavy atom. The van der Waals surface area contributed by atoms with Crippen LogP contribution in [0.5, 0.6) is 5.75 Å². The van der Waals surface area contributed by atoms with Gasteiger partial charge in [-0.2, -0.15) is 0 Å². The molecule has 1 unspecified atom stereocenters. The summed E-state index contributed by atoms with van der Waals surface area (Å²) < 4.78 is 5.16. The third kappa shape index (κ3) is 2.99. The molecule has 1 aliphatic rings. The number of methoxy groups -OCH3 is 1. The Labute approximate surface area is 111 Å². The Kier molecular flexibility index (Phi) is 3.73. The van der Waals surface area contributed by atoms with Gasteiger partial charge in [0.05, 0.1) is 7.11 Å². The van der Waals surface area contributed by atoms with Crippen LogP contribution in [0, 0.1) is 5.41 Å². The molecule has 0 aromatic heterocycles. The van der Waals surface area contributed by atoms with Crippen molar-refractivity contribution in [2.75, 3.05) is 7.11 Å². The van der Waals surface area contributed by atoms with Crippen LogP contribution in [0.2, 0.25) is 0 Å². The molecule has 0 bridgehead atoms. The maximum atomic E-state index is 5.16. The molecule has 0 spiro atoms. The average Bonchev–Trinajstić information content (AvgIpc) is 2.78. The third-order valence-electron chi connectivity index (χ3n) is 2.53. The normalized spacial score (nSPS) is 20.2. The van der Waals surface area contributed by atoms with Crippen molar-refractivity contribution in [3.8, 4) is 5.75 Å². The molecule has 1 aliphatic heterocycles. The summed E-state index contributed by atoms with van der Waals surface area (Å²) in [5, 5.41) is 1.46. The summed E-state index contributed by atoms with van der Waals surface area (Å²) in [5.41, 5.74) is 1.39. The molecule has 0 radical (unpaired) electrons. The molecule has 92 valence electrons. The van der Waals surface area contributed by atoms with Crippen molar-refractivity contribution in [3.05, 3.63) is 29.8 Å². The Hall–Kier alpha value is -0.610. The van der Waals surface area contributed by atoms with Gasteiger partial charge in [-0.1, -0.05) is 31.6 Å². The van der Waals surface area contributed by atoms with Crippen molar-refractivity contribution in [1.29, 1.82) is 0 Å². The summed E-state index contributed by atoms with van der Waals surface area (Å²) in [7, 11) is 5.30. The first-order valence-electron chi connectivity index (χ1n) is 5.56. The molecular weight excluding hydrogens is 250 g/mol. The van der Waals surface area contributed by atoms with Gasteiger partial charge in [0.15, 0.2) is 0 Å². The number of hydrogen-bond acceptors (Lipinski definition) is 4. The monoisotopic (exact) mass is 267 g/mol. The van der Waals surface area contributed by atoms with E-state index in [2.05, 4.69) is 32.9 Å². The first kappa shape index (κ1) is 12.8. The predicted octanol–water partition coefficient (Wildman–Crippen LogP) is 4.21. The highest BCUT2D eigenvalue weighted by Gasteiger charge is 2.30. The van der Waals surface area contributed by atoms with E-state index in [-0.39, 0.29) is 5.41 Å². The van der Waals surface area contributed by atoms with Gasteiger partial charge in [-0.3, -0.25) is 4.99 Å². The Morgan fingerprint density at radius 3 is 2.29 bits per heavy atom. The molecule has 0 saturated heterocycles. The highest BCUT2D eigenvalue weighted by atomic mass is 33.1. The molecule has 17 heavy (non-hydrogen) atoms. The standard InChI is InChI=1S/C13H17NOS2/c1-13(2,3)12-14-11(16-17-12)9-5-7-10(15-4)8-6-9/h5-8,12H,1-4H3. The zero-order valence-electron chi connectivity index (χ0n) is 10.6. The summed E-state index contributed by atoms with van der Waals surface area (Å²) in [5.74, 6) is 0.886. The summed E-state index contributed by atoms with van der Waals surface area (Å²) in [6.45, 7) is 6.68. The second kappa shape index (κ2) is 4.94. The predicted molar refractivity (Wildman–Crippen MR) is 78.0 cm³/mol. The number of ether oxygens (including phenoxy) is 1. The molecule has 1 aromatic rings. The summed E-state index contributed by atoms with van der Waals surface area (Å²) >= 11 is 0. The molecule has 0 N–H and O–H groups in total. The average molecular weight is 267 g/mol. The van der Waals surface area contributed by atoms with Gasteiger partial charge in [0, 0.05) is 5.56 Å². The molecule has 0 fully saturated rings. The number of nitrogens with zero attached hydrogens (tertiary/aromatic N) is 1. The summed E-state index contributed by atoms with van der Waals surface area (Å²) in [6, 6.07) is 8.09. The van der Waals surface area contributed by atoms with Crippen LogP contribution < -0.4 is 4.74 Å². The van der Waals surface area contributed by atoms with Crippen molar-refractivity contribution >= 4 is 26.6 Å². The van der Waals surface area contributed by atoms with Gasteiger partial charge in [-0.15, -0.1) is 0 Å². The quantitative estimate of drug-likeness (QED) is 0.749. The van der Waals surface area contributed by atoms with Crippen LogP contribution in [0.15, 0.2) is 29.3 Å². The van der Waals surface area contributed by atoms with Crippen molar-refractivity contribution in [2.24, 2.45) is 10.4 Å². The van der Waals surface area contributed by atoms with E-state index in [1.165, 1.54) is 5.56 Å². The number of hydrogen-bond donors (Lipinski definition) is 0. The topological polar surface area (TPSA) is 21.6 Å². The molecule has 0 amide bonds. The minimum absolute atomic E-state index is 0.214. The molecule has 1 heterocycles. The van der Waals surface area contributed by atoms with Crippen molar-refractivity contribution in [3.63, 3.8) is 0 Å². The van der Waals surface area contributed by atoms with Crippen LogP contribution in [0.1, 0.15) is 26.3 Å². The highest BCUT2D eigenvalue weighted by Crippen LogP contribution is 2.46. The van der Waals surface area contributed by atoms with Crippen LogP contribution in [0.4, 0.5) is 0 Å². The van der Waals surface area contributed by atoms with Gasteiger partial charge in [-0.05, 0) is 40.5 Å². The summed E-state index contributed by atoms with van der Waals surface area (Å²) in [6.07, 6.45) is 0. The van der Waals surface area contributed by atoms with E-state index < -0.39 is 0 Å². The van der Waals surface area contributed by atoms with E-state index in [4.69, 9.17) is 9.73 Å². The lowest BCUT2D eigenvalue weighted by molar-refractivity contribution is 0.405. The largest absolute Gasteiger partial charge is 0.497 e. The van der Waals surface area contributed by atoms with Crippen molar-refractivity contribution in [1.82, 2.24) is 0 Å². The van der Waals surface area contributed by atoms with E-state index >= 15 is 0 Å². The Morgan fingerprint density at radius 1 is 1.18 bits per heavy atom. The molecule has 0 saturated carbocycles. The molecule has 1 aromatic carbocycles. The van der Waals surface area contributed by atoms with Gasteiger partial charge >= 0.3 is 0 Å². The second-order valence-electron chi connectivity index (χ2n) is 5.06. The van der Waals surface area contributed by atoms with E-state index in [0.29, 0.717) is 5.37 Å². The number of benzene rings is 1. The summed E-state index contributed by atoms with van der Waals surface area (Å²) in [4.78, 5) is 4.79. The Bertz CT molecular complexity index is 420. The number of aliphatic imine (C=N–C) groups is 1. The van der Waals surface area contributed by atoms with E-state index in [9.17, 15) is 0 Å². The van der Waals surface area contributed by atoms with Gasteiger partial charge in [-0.25, -0.2) is 0 Å². The zero-order valence-corrected chi connectivity index (χ0v) is 12.2. The Balaban J connectivity index is 2.18. The highest BCUT2D eigenvalue weighted by molar-refractivity contribution is 8.83. The zero-order chi connectivity index (χ0) is 12.5. The maximum absolute atomic E-state index is 5.16. The number of rotatable bonds is 2. The van der Waals surface area contributed by atoms with Crippen LogP contribution >= 0.6 is 21.6 Å². The SMILES string of the molecule is COc1ccc(C2=NC(C(C)(C)C)SS2)cc1. The third-order valence-corrected chi connectivity index (χ3v) is 5.43.